The molecule has 0 saturated carbocycles. The lowest BCUT2D eigenvalue weighted by Gasteiger charge is -2.03. The van der Waals surface area contributed by atoms with E-state index in [0.717, 1.165) is 0 Å². The molecule has 72 valence electrons. The van der Waals surface area contributed by atoms with Crippen molar-refractivity contribution in [2.24, 2.45) is 4.99 Å². The zero-order valence-corrected chi connectivity index (χ0v) is 8.83. The summed E-state index contributed by atoms with van der Waals surface area (Å²) in [7, 11) is 0. The zero-order valence-electron chi connectivity index (χ0n) is 7.24. The van der Waals surface area contributed by atoms with E-state index in [1.807, 2.05) is 0 Å². The Bertz CT molecular complexity index is 413. The molecule has 0 radical (unpaired) electrons. The summed E-state index contributed by atoms with van der Waals surface area (Å²) < 4.78 is 0.465. The molecular formula is C9H6BrNO3. The molecule has 0 amide bonds. The molecule has 1 N–H and O–H groups in total. The summed E-state index contributed by atoms with van der Waals surface area (Å²) in [5.74, 6) is -1.07. The van der Waals surface area contributed by atoms with E-state index >= 15 is 0 Å². The average molecular weight is 256 g/mol. The molecule has 0 unspecified atom stereocenters. The van der Waals surface area contributed by atoms with E-state index in [-0.39, 0.29) is 5.56 Å². The fourth-order valence-electron chi connectivity index (χ4n) is 0.995. The lowest BCUT2D eigenvalue weighted by molar-refractivity contribution is 0.0696. The minimum atomic E-state index is -1.07. The molecule has 0 aromatic heterocycles. The van der Waals surface area contributed by atoms with E-state index in [4.69, 9.17) is 5.11 Å². The largest absolute Gasteiger partial charge is 0.478 e. The molecule has 0 fully saturated rings. The Hall–Kier alpha value is -1.45. The van der Waals surface area contributed by atoms with E-state index in [0.29, 0.717) is 15.7 Å². The Kier molecular flexibility index (Phi) is 3.17. The first kappa shape index (κ1) is 10.6. The number of aliphatic imine (C=N–C) groups is 1. The van der Waals surface area contributed by atoms with E-state index in [9.17, 15) is 9.59 Å². The van der Waals surface area contributed by atoms with Gasteiger partial charge in [-0.15, -0.1) is 0 Å². The van der Waals surface area contributed by atoms with Crippen LogP contribution < -0.4 is 0 Å². The number of carboxylic acid groups (broad SMARTS) is 1. The number of aryl methyl sites for hydroxylation is 1. The Balaban J connectivity index is 3.41. The van der Waals surface area contributed by atoms with Crippen LogP contribution in [0.4, 0.5) is 5.69 Å². The molecule has 14 heavy (non-hydrogen) atoms. The van der Waals surface area contributed by atoms with Crippen molar-refractivity contribution >= 4 is 33.7 Å². The standard InChI is InChI=1S/C9H6BrNO3/c1-5-2-7(10)6(9(13)14)3-8(5)11-4-12/h2-3H,1H3,(H,13,14). The first-order chi connectivity index (χ1) is 6.56. The number of rotatable bonds is 2. The highest BCUT2D eigenvalue weighted by molar-refractivity contribution is 9.10. The third-order valence-electron chi connectivity index (χ3n) is 1.68. The summed E-state index contributed by atoms with van der Waals surface area (Å²) in [6.45, 7) is 1.73. The predicted octanol–water partition coefficient (Wildman–Crippen LogP) is 2.42. The van der Waals surface area contributed by atoms with Crippen LogP contribution in [0.3, 0.4) is 0 Å². The normalized spacial score (nSPS) is 9.29. The van der Waals surface area contributed by atoms with E-state index in [1.54, 1.807) is 13.0 Å². The molecule has 0 aliphatic heterocycles. The van der Waals surface area contributed by atoms with Crippen LogP contribution in [0, 0.1) is 6.92 Å². The van der Waals surface area contributed by atoms with Crippen LogP contribution in [-0.2, 0) is 4.79 Å². The molecule has 4 nitrogen and oxygen atoms in total. The van der Waals surface area contributed by atoms with Crippen molar-refractivity contribution in [3.05, 3.63) is 27.7 Å². The third kappa shape index (κ3) is 2.07. The van der Waals surface area contributed by atoms with Crippen molar-refractivity contribution in [1.29, 1.82) is 0 Å². The van der Waals surface area contributed by atoms with Crippen molar-refractivity contribution < 1.29 is 14.7 Å². The monoisotopic (exact) mass is 255 g/mol. The van der Waals surface area contributed by atoms with Crippen LogP contribution in [0.25, 0.3) is 0 Å². The summed E-state index contributed by atoms with van der Waals surface area (Å²) in [6, 6.07) is 2.92. The van der Waals surface area contributed by atoms with Gasteiger partial charge in [0.15, 0.2) is 0 Å². The Labute approximate surface area is 88.4 Å². The SMILES string of the molecule is Cc1cc(Br)c(C(=O)O)cc1N=C=O. The van der Waals surface area contributed by atoms with Gasteiger partial charge in [0.25, 0.3) is 0 Å². The van der Waals surface area contributed by atoms with Crippen LogP contribution in [-0.4, -0.2) is 17.2 Å². The highest BCUT2D eigenvalue weighted by Crippen LogP contribution is 2.26. The van der Waals surface area contributed by atoms with Crippen LogP contribution in [0.2, 0.25) is 0 Å². The quantitative estimate of drug-likeness (QED) is 0.652. The number of halogens is 1. The molecule has 5 heteroatoms. The van der Waals surface area contributed by atoms with Gasteiger partial charge < -0.3 is 5.11 Å². The molecule has 0 aliphatic carbocycles. The maximum atomic E-state index is 10.7. The van der Waals surface area contributed by atoms with Gasteiger partial charge >= 0.3 is 5.97 Å². The topological polar surface area (TPSA) is 66.7 Å². The van der Waals surface area contributed by atoms with Crippen LogP contribution >= 0.6 is 15.9 Å². The van der Waals surface area contributed by atoms with Crippen LogP contribution in [0.5, 0.6) is 0 Å². The van der Waals surface area contributed by atoms with Gasteiger partial charge in [-0.2, -0.15) is 4.99 Å². The van der Waals surface area contributed by atoms with Crippen molar-refractivity contribution in [3.8, 4) is 0 Å². The molecule has 0 heterocycles. The Morgan fingerprint density at radius 2 is 2.21 bits per heavy atom. The minimum absolute atomic E-state index is 0.0737. The molecule has 0 saturated heterocycles. The smallest absolute Gasteiger partial charge is 0.336 e. The summed E-state index contributed by atoms with van der Waals surface area (Å²) in [4.78, 5) is 24.2. The van der Waals surface area contributed by atoms with Gasteiger partial charge in [-0.1, -0.05) is 0 Å². The second-order valence-corrected chi connectivity index (χ2v) is 3.48. The number of benzene rings is 1. The van der Waals surface area contributed by atoms with Crippen molar-refractivity contribution in [2.75, 3.05) is 0 Å². The molecule has 1 rings (SSSR count). The number of aromatic carboxylic acids is 1. The highest BCUT2D eigenvalue weighted by Gasteiger charge is 2.10. The number of carboxylic acids is 1. The number of carbonyl (C=O) groups is 1. The lowest BCUT2D eigenvalue weighted by Crippen LogP contribution is -1.97. The van der Waals surface area contributed by atoms with E-state index in [1.165, 1.54) is 12.1 Å². The molecule has 1 aromatic carbocycles. The number of hydrogen-bond donors (Lipinski definition) is 1. The second-order valence-electron chi connectivity index (χ2n) is 2.63. The van der Waals surface area contributed by atoms with Gasteiger partial charge in [0.2, 0.25) is 6.08 Å². The molecule has 0 bridgehead atoms. The van der Waals surface area contributed by atoms with Gasteiger partial charge in [0.1, 0.15) is 0 Å². The van der Waals surface area contributed by atoms with Gasteiger partial charge in [-0.05, 0) is 40.5 Å². The van der Waals surface area contributed by atoms with Gasteiger partial charge in [0, 0.05) is 4.47 Å². The summed E-state index contributed by atoms with van der Waals surface area (Å²) in [5, 5.41) is 8.78. The number of isocyanates is 1. The molecule has 0 atom stereocenters. The zero-order chi connectivity index (χ0) is 10.7. The Morgan fingerprint density at radius 3 is 2.71 bits per heavy atom. The van der Waals surface area contributed by atoms with Gasteiger partial charge in [0.05, 0.1) is 11.3 Å². The molecular weight excluding hydrogens is 250 g/mol. The summed E-state index contributed by atoms with van der Waals surface area (Å²) in [6.07, 6.45) is 1.38. The predicted molar refractivity (Wildman–Crippen MR) is 53.6 cm³/mol. The third-order valence-corrected chi connectivity index (χ3v) is 2.34. The van der Waals surface area contributed by atoms with Gasteiger partial charge in [-0.25, -0.2) is 9.59 Å². The summed E-state index contributed by atoms with van der Waals surface area (Å²) in [5.41, 5.74) is 1.11. The minimum Gasteiger partial charge on any atom is -0.478 e. The molecule has 0 aliphatic rings. The van der Waals surface area contributed by atoms with Crippen molar-refractivity contribution in [3.63, 3.8) is 0 Å². The maximum absolute atomic E-state index is 10.7. The fraction of sp³-hybridized carbons (Fsp3) is 0.111. The number of nitrogens with zero attached hydrogens (tertiary/aromatic N) is 1. The number of hydrogen-bond acceptors (Lipinski definition) is 3. The second kappa shape index (κ2) is 4.17. The van der Waals surface area contributed by atoms with Crippen molar-refractivity contribution in [1.82, 2.24) is 0 Å². The van der Waals surface area contributed by atoms with Crippen LogP contribution in [0.1, 0.15) is 15.9 Å². The lowest BCUT2D eigenvalue weighted by atomic mass is 10.1. The summed E-state index contributed by atoms with van der Waals surface area (Å²) >= 11 is 3.11. The first-order valence-electron chi connectivity index (χ1n) is 3.67. The van der Waals surface area contributed by atoms with Crippen LogP contribution in [0.15, 0.2) is 21.6 Å². The molecule has 1 aromatic rings. The highest BCUT2D eigenvalue weighted by atomic mass is 79.9. The number of carbonyl (C=O) groups excluding carboxylic acids is 1. The average Bonchev–Trinajstić information content (AvgIpc) is 2.09. The van der Waals surface area contributed by atoms with E-state index in [2.05, 4.69) is 20.9 Å². The Morgan fingerprint density at radius 1 is 1.57 bits per heavy atom. The van der Waals surface area contributed by atoms with Crippen molar-refractivity contribution in [2.45, 2.75) is 6.92 Å². The maximum Gasteiger partial charge on any atom is 0.336 e. The first-order valence-corrected chi connectivity index (χ1v) is 4.47. The van der Waals surface area contributed by atoms with E-state index < -0.39 is 5.97 Å². The molecule has 0 spiro atoms. The fourth-order valence-corrected chi connectivity index (χ4v) is 1.62. The van der Waals surface area contributed by atoms with Gasteiger partial charge in [-0.3, -0.25) is 0 Å².